The van der Waals surface area contributed by atoms with E-state index in [1.807, 2.05) is 12.1 Å². The minimum Gasteiger partial charge on any atom is -0.423 e. The largest absolute Gasteiger partial charge is 0.488 e. The normalized spacial score (nSPS) is 11.8. The first-order valence-electron chi connectivity index (χ1n) is 9.51. The molecule has 6 aromatic rings. The van der Waals surface area contributed by atoms with E-state index in [0.29, 0.717) is 5.46 Å². The minimum absolute atomic E-state index is 0.513. The van der Waals surface area contributed by atoms with Gasteiger partial charge >= 0.3 is 7.12 Å². The maximum Gasteiger partial charge on any atom is 0.488 e. The van der Waals surface area contributed by atoms with E-state index in [9.17, 15) is 10.0 Å². The molecule has 29 heavy (non-hydrogen) atoms. The van der Waals surface area contributed by atoms with Crippen molar-refractivity contribution in [1.82, 2.24) is 4.57 Å². The van der Waals surface area contributed by atoms with Crippen LogP contribution in [0.15, 0.2) is 84.9 Å². The third kappa shape index (κ3) is 2.45. The van der Waals surface area contributed by atoms with Crippen molar-refractivity contribution in [3.63, 3.8) is 0 Å². The maximum absolute atomic E-state index is 9.59. The van der Waals surface area contributed by atoms with Gasteiger partial charge in [0.15, 0.2) is 0 Å². The molecule has 0 saturated carbocycles. The van der Waals surface area contributed by atoms with E-state index in [-0.39, 0.29) is 0 Å². The Kier molecular flexibility index (Phi) is 3.59. The molecule has 0 aliphatic carbocycles. The Morgan fingerprint density at radius 1 is 0.621 bits per heavy atom. The molecule has 0 aliphatic heterocycles. The van der Waals surface area contributed by atoms with Crippen LogP contribution >= 0.6 is 11.3 Å². The van der Waals surface area contributed by atoms with Gasteiger partial charge in [0, 0.05) is 36.6 Å². The van der Waals surface area contributed by atoms with Gasteiger partial charge in [0.05, 0.1) is 11.0 Å². The summed E-state index contributed by atoms with van der Waals surface area (Å²) in [6.45, 7) is 0. The molecule has 5 heteroatoms. The highest BCUT2D eigenvalue weighted by Gasteiger charge is 2.15. The number of hydrogen-bond donors (Lipinski definition) is 2. The third-order valence-corrected chi connectivity index (χ3v) is 6.77. The zero-order chi connectivity index (χ0) is 19.5. The Hall–Kier alpha value is -3.12. The summed E-state index contributed by atoms with van der Waals surface area (Å²) in [6.07, 6.45) is 0. The van der Waals surface area contributed by atoms with Crippen LogP contribution in [0.4, 0.5) is 0 Å². The summed E-state index contributed by atoms with van der Waals surface area (Å²) < 4.78 is 4.64. The maximum atomic E-state index is 9.59. The van der Waals surface area contributed by atoms with Crippen LogP contribution < -0.4 is 5.46 Å². The second-order valence-electron chi connectivity index (χ2n) is 7.28. The van der Waals surface area contributed by atoms with Crippen molar-refractivity contribution in [3.05, 3.63) is 84.9 Å². The summed E-state index contributed by atoms with van der Waals surface area (Å²) in [7, 11) is -1.46. The Bertz CT molecular complexity index is 1490. The van der Waals surface area contributed by atoms with Crippen LogP contribution in [0.1, 0.15) is 0 Å². The SMILES string of the molecule is OB(O)c1ccc2sc3ccc(-n4c5ccccc5c5ccccc54)cc3c2c1. The fourth-order valence-electron chi connectivity index (χ4n) is 4.28. The second-order valence-corrected chi connectivity index (χ2v) is 8.37. The zero-order valence-electron chi connectivity index (χ0n) is 15.4. The summed E-state index contributed by atoms with van der Waals surface area (Å²) in [4.78, 5) is 0. The third-order valence-electron chi connectivity index (χ3n) is 5.61. The highest BCUT2D eigenvalue weighted by molar-refractivity contribution is 7.25. The Labute approximate surface area is 171 Å². The Balaban J connectivity index is 1.69. The van der Waals surface area contributed by atoms with Crippen LogP contribution in [0.5, 0.6) is 0 Å². The smallest absolute Gasteiger partial charge is 0.423 e. The molecule has 0 aliphatic rings. The van der Waals surface area contributed by atoms with Crippen LogP contribution in [0, 0.1) is 0 Å². The van der Waals surface area contributed by atoms with E-state index in [1.54, 1.807) is 17.4 Å². The minimum atomic E-state index is -1.46. The molecule has 2 N–H and O–H groups in total. The lowest BCUT2D eigenvalue weighted by molar-refractivity contribution is 0.426. The molecule has 0 atom stereocenters. The van der Waals surface area contributed by atoms with Gasteiger partial charge < -0.3 is 14.6 Å². The van der Waals surface area contributed by atoms with Gasteiger partial charge in [-0.2, -0.15) is 0 Å². The number of aromatic nitrogens is 1. The van der Waals surface area contributed by atoms with Gasteiger partial charge in [-0.1, -0.05) is 48.5 Å². The second kappa shape index (κ2) is 6.19. The average Bonchev–Trinajstić information content (AvgIpc) is 3.28. The highest BCUT2D eigenvalue weighted by atomic mass is 32.1. The number of hydrogen-bond acceptors (Lipinski definition) is 3. The summed E-state index contributed by atoms with van der Waals surface area (Å²) in [5.74, 6) is 0. The molecule has 0 unspecified atom stereocenters. The van der Waals surface area contributed by atoms with E-state index < -0.39 is 7.12 Å². The first-order chi connectivity index (χ1) is 14.2. The lowest BCUT2D eigenvalue weighted by Gasteiger charge is -2.08. The number of thiophene rings is 1. The Morgan fingerprint density at radius 2 is 1.21 bits per heavy atom. The fourth-order valence-corrected chi connectivity index (χ4v) is 5.35. The molecule has 0 saturated heterocycles. The van der Waals surface area contributed by atoms with Gasteiger partial charge in [-0.25, -0.2) is 0 Å². The molecule has 6 rings (SSSR count). The van der Waals surface area contributed by atoms with Crippen molar-refractivity contribution >= 4 is 65.9 Å². The van der Waals surface area contributed by atoms with E-state index >= 15 is 0 Å². The zero-order valence-corrected chi connectivity index (χ0v) is 16.2. The van der Waals surface area contributed by atoms with Crippen molar-refractivity contribution in [1.29, 1.82) is 0 Å². The van der Waals surface area contributed by atoms with Crippen LogP contribution in [0.2, 0.25) is 0 Å². The van der Waals surface area contributed by atoms with Gasteiger partial charge in [-0.05, 0) is 41.9 Å². The molecule has 138 valence electrons. The van der Waals surface area contributed by atoms with E-state index in [2.05, 4.69) is 71.3 Å². The summed E-state index contributed by atoms with van der Waals surface area (Å²) >= 11 is 1.72. The van der Waals surface area contributed by atoms with Crippen molar-refractivity contribution in [2.75, 3.05) is 0 Å². The molecule has 2 heterocycles. The quantitative estimate of drug-likeness (QED) is 0.414. The van der Waals surface area contributed by atoms with Crippen molar-refractivity contribution in [2.45, 2.75) is 0 Å². The van der Waals surface area contributed by atoms with Gasteiger partial charge in [-0.3, -0.25) is 0 Å². The number of benzene rings is 4. The molecule has 0 radical (unpaired) electrons. The number of nitrogens with zero attached hydrogens (tertiary/aromatic N) is 1. The molecule has 0 bridgehead atoms. The number of rotatable bonds is 2. The summed E-state index contributed by atoms with van der Waals surface area (Å²) in [5, 5.41) is 23.8. The lowest BCUT2D eigenvalue weighted by Crippen LogP contribution is -2.29. The van der Waals surface area contributed by atoms with Crippen molar-refractivity contribution < 1.29 is 10.0 Å². The highest BCUT2D eigenvalue weighted by Crippen LogP contribution is 2.37. The monoisotopic (exact) mass is 393 g/mol. The first-order valence-corrected chi connectivity index (χ1v) is 10.3. The van der Waals surface area contributed by atoms with Gasteiger partial charge in [0.1, 0.15) is 0 Å². The van der Waals surface area contributed by atoms with Gasteiger partial charge in [-0.15, -0.1) is 11.3 Å². The molecule has 0 spiro atoms. The van der Waals surface area contributed by atoms with E-state index in [1.165, 1.54) is 26.5 Å². The van der Waals surface area contributed by atoms with Crippen molar-refractivity contribution in [2.24, 2.45) is 0 Å². The first kappa shape index (κ1) is 16.8. The average molecular weight is 393 g/mol. The summed E-state index contributed by atoms with van der Waals surface area (Å²) in [6, 6.07) is 29.1. The predicted molar refractivity (Wildman–Crippen MR) is 123 cm³/mol. The van der Waals surface area contributed by atoms with Crippen LogP contribution in [0.3, 0.4) is 0 Å². The molecule has 0 amide bonds. The number of fused-ring (bicyclic) bond motifs is 6. The van der Waals surface area contributed by atoms with Crippen LogP contribution in [-0.2, 0) is 0 Å². The topological polar surface area (TPSA) is 45.4 Å². The molecule has 0 fully saturated rings. The van der Waals surface area contributed by atoms with Crippen molar-refractivity contribution in [3.8, 4) is 5.69 Å². The van der Waals surface area contributed by atoms with E-state index in [0.717, 1.165) is 21.2 Å². The molecule has 4 aromatic carbocycles. The molecule has 2 aromatic heterocycles. The van der Waals surface area contributed by atoms with Gasteiger partial charge in [0.2, 0.25) is 0 Å². The standard InChI is InChI=1S/C24H16BNO2S/c27-25(28)15-9-11-23-19(13-15)20-14-16(10-12-24(20)29-23)26-21-7-3-1-5-17(21)18-6-2-4-8-22(18)26/h1-14,27-28H. The van der Waals surface area contributed by atoms with Crippen LogP contribution in [0.25, 0.3) is 47.7 Å². The van der Waals surface area contributed by atoms with Gasteiger partial charge in [0.25, 0.3) is 0 Å². The number of para-hydroxylation sites is 2. The fraction of sp³-hybridized carbons (Fsp3) is 0. The predicted octanol–water partition coefficient (Wildman–Crippen LogP) is 4.83. The lowest BCUT2D eigenvalue weighted by atomic mass is 9.80. The van der Waals surface area contributed by atoms with E-state index in [4.69, 9.17) is 0 Å². The summed E-state index contributed by atoms with van der Waals surface area (Å²) in [5.41, 5.74) is 3.97. The molecular weight excluding hydrogens is 377 g/mol. The molecular formula is C24H16BNO2S. The Morgan fingerprint density at radius 3 is 1.86 bits per heavy atom. The molecule has 3 nitrogen and oxygen atoms in total. The van der Waals surface area contributed by atoms with Crippen LogP contribution in [-0.4, -0.2) is 21.7 Å².